The Hall–Kier alpha value is -1.95. The second kappa shape index (κ2) is 9.37. The number of hydrogen-bond donors (Lipinski definition) is 1. The topological polar surface area (TPSA) is 71.5 Å². The van der Waals surface area contributed by atoms with E-state index in [0.29, 0.717) is 24.3 Å². The highest BCUT2D eigenvalue weighted by Crippen LogP contribution is 2.21. The number of likely N-dealkylation sites (tertiary alicyclic amines) is 1. The second-order valence-electron chi connectivity index (χ2n) is 6.12. The van der Waals surface area contributed by atoms with Crippen molar-refractivity contribution in [3.63, 3.8) is 0 Å². The number of carbonyl (C=O) groups is 2. The summed E-state index contributed by atoms with van der Waals surface area (Å²) < 4.78 is 4.95. The molecule has 0 spiro atoms. The Bertz CT molecular complexity index is 562. The van der Waals surface area contributed by atoms with Crippen LogP contribution in [0.5, 0.6) is 0 Å². The van der Waals surface area contributed by atoms with Crippen LogP contribution < -0.4 is 5.32 Å². The molecule has 24 heavy (non-hydrogen) atoms. The first-order valence-electron chi connectivity index (χ1n) is 8.70. The van der Waals surface area contributed by atoms with Gasteiger partial charge in [-0.05, 0) is 38.2 Å². The van der Waals surface area contributed by atoms with Crippen molar-refractivity contribution in [2.24, 2.45) is 0 Å². The van der Waals surface area contributed by atoms with Crippen LogP contribution in [0.15, 0.2) is 18.5 Å². The number of amides is 2. The Balaban J connectivity index is 2.03. The summed E-state index contributed by atoms with van der Waals surface area (Å²) >= 11 is 0. The number of carbonyl (C=O) groups excluding carboxylic acids is 2. The molecule has 1 aliphatic heterocycles. The SMILES string of the molecule is CCC1CCCCN1C(=O)c1cncc(C(=O)NCCCOC)c1. The molecule has 1 atom stereocenters. The Kier molecular flexibility index (Phi) is 7.18. The molecule has 1 N–H and O–H groups in total. The van der Waals surface area contributed by atoms with Crippen molar-refractivity contribution in [2.45, 2.75) is 45.1 Å². The van der Waals surface area contributed by atoms with Crippen molar-refractivity contribution in [3.05, 3.63) is 29.6 Å². The third-order valence-electron chi connectivity index (χ3n) is 4.42. The van der Waals surface area contributed by atoms with Gasteiger partial charge in [-0.1, -0.05) is 6.92 Å². The minimum atomic E-state index is -0.209. The smallest absolute Gasteiger partial charge is 0.255 e. The van der Waals surface area contributed by atoms with Gasteiger partial charge in [-0.2, -0.15) is 0 Å². The van der Waals surface area contributed by atoms with E-state index in [-0.39, 0.29) is 17.9 Å². The van der Waals surface area contributed by atoms with Gasteiger partial charge in [-0.25, -0.2) is 0 Å². The first-order chi connectivity index (χ1) is 11.7. The second-order valence-corrected chi connectivity index (χ2v) is 6.12. The lowest BCUT2D eigenvalue weighted by Gasteiger charge is -2.35. The highest BCUT2D eigenvalue weighted by molar-refractivity contribution is 5.99. The van der Waals surface area contributed by atoms with Crippen molar-refractivity contribution < 1.29 is 14.3 Å². The molecule has 1 saturated heterocycles. The lowest BCUT2D eigenvalue weighted by molar-refractivity contribution is 0.0607. The maximum absolute atomic E-state index is 12.8. The number of aromatic nitrogens is 1. The highest BCUT2D eigenvalue weighted by atomic mass is 16.5. The van der Waals surface area contributed by atoms with Crippen molar-refractivity contribution >= 4 is 11.8 Å². The molecule has 1 aliphatic rings. The van der Waals surface area contributed by atoms with E-state index in [2.05, 4.69) is 17.2 Å². The maximum Gasteiger partial charge on any atom is 0.255 e. The van der Waals surface area contributed by atoms with Gasteiger partial charge in [-0.15, -0.1) is 0 Å². The number of methoxy groups -OCH3 is 1. The number of hydrogen-bond acceptors (Lipinski definition) is 4. The molecule has 1 fully saturated rings. The van der Waals surface area contributed by atoms with E-state index >= 15 is 0 Å². The van der Waals surface area contributed by atoms with Crippen LogP contribution in [0.4, 0.5) is 0 Å². The van der Waals surface area contributed by atoms with Crippen LogP contribution in [0.3, 0.4) is 0 Å². The van der Waals surface area contributed by atoms with E-state index in [1.165, 1.54) is 12.6 Å². The monoisotopic (exact) mass is 333 g/mol. The summed E-state index contributed by atoms with van der Waals surface area (Å²) in [5, 5.41) is 2.82. The van der Waals surface area contributed by atoms with Crippen LogP contribution in [-0.4, -0.2) is 54.5 Å². The maximum atomic E-state index is 12.8. The molecule has 1 aromatic heterocycles. The highest BCUT2D eigenvalue weighted by Gasteiger charge is 2.26. The lowest BCUT2D eigenvalue weighted by atomic mass is 9.99. The van der Waals surface area contributed by atoms with Crippen molar-refractivity contribution in [1.82, 2.24) is 15.2 Å². The Morgan fingerprint density at radius 2 is 2.12 bits per heavy atom. The van der Waals surface area contributed by atoms with Gasteiger partial charge in [-0.3, -0.25) is 14.6 Å². The Morgan fingerprint density at radius 1 is 1.33 bits per heavy atom. The van der Waals surface area contributed by atoms with Gasteiger partial charge in [0.1, 0.15) is 0 Å². The van der Waals surface area contributed by atoms with Gasteiger partial charge in [0, 0.05) is 45.2 Å². The molecule has 6 nitrogen and oxygen atoms in total. The van der Waals surface area contributed by atoms with E-state index in [4.69, 9.17) is 4.74 Å². The zero-order chi connectivity index (χ0) is 17.4. The van der Waals surface area contributed by atoms with E-state index in [9.17, 15) is 9.59 Å². The van der Waals surface area contributed by atoms with Crippen molar-refractivity contribution in [3.8, 4) is 0 Å². The normalized spacial score (nSPS) is 17.6. The first-order valence-corrected chi connectivity index (χ1v) is 8.70. The average Bonchev–Trinajstić information content (AvgIpc) is 2.64. The van der Waals surface area contributed by atoms with E-state index in [1.807, 2.05) is 4.90 Å². The summed E-state index contributed by atoms with van der Waals surface area (Å²) in [7, 11) is 1.63. The van der Waals surface area contributed by atoms with E-state index in [1.54, 1.807) is 19.4 Å². The summed E-state index contributed by atoms with van der Waals surface area (Å²) in [6.07, 6.45) is 8.01. The van der Waals surface area contributed by atoms with Gasteiger partial charge in [0.25, 0.3) is 11.8 Å². The van der Waals surface area contributed by atoms with Crippen LogP contribution in [0, 0.1) is 0 Å². The van der Waals surface area contributed by atoms with E-state index < -0.39 is 0 Å². The fourth-order valence-electron chi connectivity index (χ4n) is 3.06. The average molecular weight is 333 g/mol. The largest absolute Gasteiger partial charge is 0.385 e. The van der Waals surface area contributed by atoms with Gasteiger partial charge in [0.05, 0.1) is 11.1 Å². The molecule has 132 valence electrons. The molecule has 1 unspecified atom stereocenters. The molecule has 6 heteroatoms. The first kappa shape index (κ1) is 18.4. The summed E-state index contributed by atoms with van der Waals surface area (Å²) in [5.74, 6) is -0.234. The molecular formula is C18H27N3O3. The number of ether oxygens (including phenoxy) is 1. The molecule has 2 rings (SSSR count). The van der Waals surface area contributed by atoms with Crippen molar-refractivity contribution in [2.75, 3.05) is 26.8 Å². The third-order valence-corrected chi connectivity index (χ3v) is 4.42. The van der Waals surface area contributed by atoms with Crippen molar-refractivity contribution in [1.29, 1.82) is 0 Å². The number of nitrogens with one attached hydrogen (secondary N) is 1. The quantitative estimate of drug-likeness (QED) is 0.777. The number of piperidine rings is 1. The summed E-state index contributed by atoms with van der Waals surface area (Å²) in [6.45, 7) is 4.03. The third kappa shape index (κ3) is 4.77. The molecule has 1 aromatic rings. The predicted molar refractivity (Wildman–Crippen MR) is 92.0 cm³/mol. The van der Waals surface area contributed by atoms with Crippen LogP contribution in [0.1, 0.15) is 59.7 Å². The van der Waals surface area contributed by atoms with Crippen LogP contribution in [-0.2, 0) is 4.74 Å². The number of rotatable bonds is 7. The van der Waals surface area contributed by atoms with Gasteiger partial charge in [0.2, 0.25) is 0 Å². The minimum Gasteiger partial charge on any atom is -0.385 e. The fraction of sp³-hybridized carbons (Fsp3) is 0.611. The standard InChI is InChI=1S/C18H27N3O3/c1-3-16-7-4-5-9-21(16)18(23)15-11-14(12-19-13-15)17(22)20-8-6-10-24-2/h11-13,16H,3-10H2,1-2H3,(H,20,22). The Labute approximate surface area is 143 Å². The van der Waals surface area contributed by atoms with Gasteiger partial charge >= 0.3 is 0 Å². The molecule has 0 saturated carbocycles. The van der Waals surface area contributed by atoms with Crippen LogP contribution in [0.2, 0.25) is 0 Å². The summed E-state index contributed by atoms with van der Waals surface area (Å²) in [6, 6.07) is 1.93. The predicted octanol–water partition coefficient (Wildman–Crippen LogP) is 2.25. The van der Waals surface area contributed by atoms with Crippen LogP contribution >= 0.6 is 0 Å². The molecule has 0 aliphatic carbocycles. The zero-order valence-electron chi connectivity index (χ0n) is 14.6. The van der Waals surface area contributed by atoms with Crippen LogP contribution in [0.25, 0.3) is 0 Å². The molecule has 0 radical (unpaired) electrons. The van der Waals surface area contributed by atoms with Gasteiger partial charge in [0.15, 0.2) is 0 Å². The molecule has 0 bridgehead atoms. The summed E-state index contributed by atoms with van der Waals surface area (Å²) in [4.78, 5) is 31.0. The number of pyridine rings is 1. The lowest BCUT2D eigenvalue weighted by Crippen LogP contribution is -2.43. The summed E-state index contributed by atoms with van der Waals surface area (Å²) in [5.41, 5.74) is 0.906. The molecule has 2 amide bonds. The minimum absolute atomic E-state index is 0.0249. The van der Waals surface area contributed by atoms with Gasteiger partial charge < -0.3 is 15.0 Å². The molecular weight excluding hydrogens is 306 g/mol. The molecule has 2 heterocycles. The zero-order valence-corrected chi connectivity index (χ0v) is 14.6. The Morgan fingerprint density at radius 3 is 2.88 bits per heavy atom. The number of nitrogens with zero attached hydrogens (tertiary/aromatic N) is 2. The molecule has 0 aromatic carbocycles. The van der Waals surface area contributed by atoms with E-state index in [0.717, 1.165) is 32.2 Å². The fourth-order valence-corrected chi connectivity index (χ4v) is 3.06.